The van der Waals surface area contributed by atoms with Crippen LogP contribution in [-0.2, 0) is 0 Å². The third-order valence-corrected chi connectivity index (χ3v) is 5.45. The number of anilines is 1. The molecule has 2 aliphatic heterocycles. The van der Waals surface area contributed by atoms with Gasteiger partial charge in [0.15, 0.2) is 23.5 Å². The molecule has 0 saturated heterocycles. The Kier molecular flexibility index (Phi) is 3.69. The first-order valence-electron chi connectivity index (χ1n) is 8.82. The molecule has 0 saturated carbocycles. The van der Waals surface area contributed by atoms with Gasteiger partial charge >= 0.3 is 0 Å². The number of carbonyl (C=O) groups excluding carboxylic acids is 1. The summed E-state index contributed by atoms with van der Waals surface area (Å²) in [4.78, 5) is 31.6. The van der Waals surface area contributed by atoms with Crippen molar-refractivity contribution in [1.29, 1.82) is 0 Å². The predicted molar refractivity (Wildman–Crippen MR) is 106 cm³/mol. The Labute approximate surface area is 170 Å². The van der Waals surface area contributed by atoms with E-state index in [1.807, 2.05) is 0 Å². The van der Waals surface area contributed by atoms with Crippen LogP contribution in [0.4, 0.5) is 5.69 Å². The van der Waals surface area contributed by atoms with Gasteiger partial charge in [0.2, 0.25) is 0 Å². The van der Waals surface area contributed by atoms with Gasteiger partial charge in [0.05, 0.1) is 25.5 Å². The van der Waals surface area contributed by atoms with E-state index in [0.29, 0.717) is 44.7 Å². The Morgan fingerprint density at radius 2 is 1.90 bits per heavy atom. The lowest BCUT2D eigenvalue weighted by Crippen LogP contribution is -2.39. The Bertz CT molecular complexity index is 1270. The number of rotatable bonds is 2. The van der Waals surface area contributed by atoms with Gasteiger partial charge in [-0.15, -0.1) is 0 Å². The zero-order valence-corrected chi connectivity index (χ0v) is 16.5. The van der Waals surface area contributed by atoms with E-state index in [-0.39, 0.29) is 11.6 Å². The molecule has 0 N–H and O–H groups in total. The Morgan fingerprint density at radius 1 is 1.10 bits per heavy atom. The predicted octanol–water partition coefficient (Wildman–Crippen LogP) is 2.81. The van der Waals surface area contributed by atoms with E-state index in [2.05, 4.69) is 10.1 Å². The second kappa shape index (κ2) is 6.05. The van der Waals surface area contributed by atoms with E-state index in [9.17, 15) is 9.59 Å². The lowest BCUT2D eigenvalue weighted by molar-refractivity contribution is 0.0983. The second-order valence-corrected chi connectivity index (χ2v) is 7.18. The van der Waals surface area contributed by atoms with Crippen molar-refractivity contribution in [1.82, 2.24) is 14.8 Å². The summed E-state index contributed by atoms with van der Waals surface area (Å²) in [6, 6.07) is 8.67. The molecule has 2 aromatic carbocycles. The van der Waals surface area contributed by atoms with Crippen LogP contribution in [-0.4, -0.2) is 34.9 Å². The highest BCUT2D eigenvalue weighted by molar-refractivity contribution is 6.31. The standard InChI is InChI=1S/C20H15ClN4O4/c1-9-18(26)22-17-12-8-10(21)4-6-13(12)24-19(25(17)23-9)11-5-7-14(28-2)16(29-3)15(11)20(24)27/h4-8,19H,1-3H3/t19-/m1/s1. The van der Waals surface area contributed by atoms with Gasteiger partial charge in [0.1, 0.15) is 5.69 Å². The number of aryl methyl sites for hydroxylation is 1. The van der Waals surface area contributed by atoms with Gasteiger partial charge in [0, 0.05) is 16.1 Å². The van der Waals surface area contributed by atoms with Gasteiger partial charge in [0.25, 0.3) is 11.5 Å². The van der Waals surface area contributed by atoms with Crippen LogP contribution < -0.4 is 19.9 Å². The summed E-state index contributed by atoms with van der Waals surface area (Å²) in [6.45, 7) is 1.59. The monoisotopic (exact) mass is 410 g/mol. The topological polar surface area (TPSA) is 86.6 Å². The zero-order chi connectivity index (χ0) is 20.4. The molecule has 9 heteroatoms. The third-order valence-electron chi connectivity index (χ3n) is 5.22. The Hall–Kier alpha value is -3.39. The third kappa shape index (κ3) is 2.26. The lowest BCUT2D eigenvalue weighted by Gasteiger charge is -2.34. The molecule has 0 spiro atoms. The van der Waals surface area contributed by atoms with Crippen molar-refractivity contribution in [2.24, 2.45) is 0 Å². The number of hydrogen-bond acceptors (Lipinski definition) is 6. The molecule has 5 rings (SSSR count). The number of halogens is 1. The number of benzene rings is 2. The molecule has 1 aromatic heterocycles. The summed E-state index contributed by atoms with van der Waals surface area (Å²) >= 11 is 6.19. The van der Waals surface area contributed by atoms with Gasteiger partial charge in [-0.1, -0.05) is 17.7 Å². The molecule has 0 bridgehead atoms. The summed E-state index contributed by atoms with van der Waals surface area (Å²) in [6.07, 6.45) is -0.604. The summed E-state index contributed by atoms with van der Waals surface area (Å²) in [5.74, 6) is 0.910. The van der Waals surface area contributed by atoms with Crippen molar-refractivity contribution in [3.05, 3.63) is 62.5 Å². The van der Waals surface area contributed by atoms with Crippen molar-refractivity contribution in [2.45, 2.75) is 13.1 Å². The number of methoxy groups -OCH3 is 2. The highest BCUT2D eigenvalue weighted by atomic mass is 35.5. The molecule has 1 amide bonds. The molecule has 3 aromatic rings. The van der Waals surface area contributed by atoms with Gasteiger partial charge < -0.3 is 9.47 Å². The normalized spacial score (nSPS) is 16.1. The average Bonchev–Trinajstić information content (AvgIpc) is 3.01. The number of carbonyl (C=O) groups is 1. The molecule has 29 heavy (non-hydrogen) atoms. The van der Waals surface area contributed by atoms with E-state index in [0.717, 1.165) is 0 Å². The van der Waals surface area contributed by atoms with Crippen LogP contribution >= 0.6 is 11.6 Å². The SMILES string of the molecule is COc1ccc2c(c1OC)C(=O)N1c3ccc(Cl)cc3-c3nc(=O)c(C)nn3[C@H]21. The van der Waals surface area contributed by atoms with Crippen molar-refractivity contribution in [2.75, 3.05) is 19.1 Å². The van der Waals surface area contributed by atoms with Crippen LogP contribution in [0.5, 0.6) is 11.5 Å². The number of amides is 1. The first kappa shape index (κ1) is 17.7. The molecule has 0 radical (unpaired) electrons. The molecule has 146 valence electrons. The zero-order valence-electron chi connectivity index (χ0n) is 15.8. The van der Waals surface area contributed by atoms with Crippen molar-refractivity contribution in [3.8, 4) is 22.9 Å². The van der Waals surface area contributed by atoms with Crippen LogP contribution in [0.25, 0.3) is 11.4 Å². The average molecular weight is 411 g/mol. The minimum absolute atomic E-state index is 0.237. The number of nitrogens with zero attached hydrogens (tertiary/aromatic N) is 4. The fourth-order valence-electron chi connectivity index (χ4n) is 3.96. The molecule has 1 atom stereocenters. The van der Waals surface area contributed by atoms with Crippen molar-refractivity contribution < 1.29 is 14.3 Å². The van der Waals surface area contributed by atoms with Crippen molar-refractivity contribution >= 4 is 23.2 Å². The summed E-state index contributed by atoms with van der Waals surface area (Å²) in [5, 5.41) is 4.91. The smallest absolute Gasteiger partial charge is 0.294 e. The largest absolute Gasteiger partial charge is 0.493 e. The van der Waals surface area contributed by atoms with Gasteiger partial charge in [-0.25, -0.2) is 4.68 Å². The highest BCUT2D eigenvalue weighted by Crippen LogP contribution is 2.50. The fraction of sp³-hybridized carbons (Fsp3) is 0.200. The van der Waals surface area contributed by atoms with Crippen LogP contribution in [0.2, 0.25) is 5.02 Å². The van der Waals surface area contributed by atoms with Crippen LogP contribution in [0, 0.1) is 6.92 Å². The maximum atomic E-state index is 13.5. The van der Waals surface area contributed by atoms with Crippen LogP contribution in [0.15, 0.2) is 35.1 Å². The molecule has 0 unspecified atom stereocenters. The summed E-state index contributed by atoms with van der Waals surface area (Å²) in [5.41, 5.74) is 2.05. The Morgan fingerprint density at radius 3 is 2.62 bits per heavy atom. The maximum absolute atomic E-state index is 13.5. The number of fused-ring (bicyclic) bond motifs is 8. The maximum Gasteiger partial charge on any atom is 0.294 e. The highest BCUT2D eigenvalue weighted by Gasteiger charge is 2.47. The lowest BCUT2D eigenvalue weighted by atomic mass is 10.0. The molecular formula is C20H15ClN4O4. The Balaban J connectivity index is 1.88. The molecular weight excluding hydrogens is 396 g/mol. The first-order chi connectivity index (χ1) is 14.0. The minimum atomic E-state index is -0.604. The number of aromatic nitrogens is 3. The molecule has 0 fully saturated rings. The molecule has 0 aliphatic carbocycles. The van der Waals surface area contributed by atoms with E-state index in [4.69, 9.17) is 21.1 Å². The summed E-state index contributed by atoms with van der Waals surface area (Å²) in [7, 11) is 3.01. The minimum Gasteiger partial charge on any atom is -0.493 e. The second-order valence-electron chi connectivity index (χ2n) is 6.75. The van der Waals surface area contributed by atoms with E-state index in [1.165, 1.54) is 14.2 Å². The van der Waals surface area contributed by atoms with Gasteiger partial charge in [-0.2, -0.15) is 10.1 Å². The van der Waals surface area contributed by atoms with E-state index >= 15 is 0 Å². The summed E-state index contributed by atoms with van der Waals surface area (Å²) < 4.78 is 12.5. The molecule has 2 aliphatic rings. The molecule has 8 nitrogen and oxygen atoms in total. The molecule has 3 heterocycles. The van der Waals surface area contributed by atoms with Crippen molar-refractivity contribution in [3.63, 3.8) is 0 Å². The first-order valence-corrected chi connectivity index (χ1v) is 9.20. The fourth-order valence-corrected chi connectivity index (χ4v) is 4.13. The van der Waals surface area contributed by atoms with Gasteiger partial charge in [-0.3, -0.25) is 14.5 Å². The van der Waals surface area contributed by atoms with E-state index in [1.54, 1.807) is 46.8 Å². The number of ether oxygens (including phenoxy) is 2. The van der Waals surface area contributed by atoms with Crippen LogP contribution in [0.1, 0.15) is 27.8 Å². The van der Waals surface area contributed by atoms with Crippen LogP contribution in [0.3, 0.4) is 0 Å². The van der Waals surface area contributed by atoms with Gasteiger partial charge in [-0.05, 0) is 31.2 Å². The van der Waals surface area contributed by atoms with E-state index < -0.39 is 11.7 Å². The quantitative estimate of drug-likeness (QED) is 0.645. The number of hydrogen-bond donors (Lipinski definition) is 0.